The van der Waals surface area contributed by atoms with Gasteiger partial charge in [0.05, 0.1) is 0 Å². The Balaban J connectivity index is 1.41. The number of hydrogen-bond donors (Lipinski definition) is 2. The van der Waals surface area contributed by atoms with Gasteiger partial charge < -0.3 is 15.5 Å². The number of likely N-dealkylation sites (tertiary alicyclic amines) is 1. The highest BCUT2D eigenvalue weighted by molar-refractivity contribution is 5.89. The Hall–Kier alpha value is -2.82. The highest BCUT2D eigenvalue weighted by Crippen LogP contribution is 2.22. The Kier molecular flexibility index (Phi) is 7.28. The maximum atomic E-state index is 12.6. The summed E-state index contributed by atoms with van der Waals surface area (Å²) >= 11 is 0. The number of anilines is 1. The van der Waals surface area contributed by atoms with E-state index in [1.54, 1.807) is 0 Å². The number of carbonyl (C=O) groups is 2. The third kappa shape index (κ3) is 6.63. The van der Waals surface area contributed by atoms with Crippen LogP contribution >= 0.6 is 0 Å². The molecule has 0 bridgehead atoms. The summed E-state index contributed by atoms with van der Waals surface area (Å²) in [5, 5.41) is 5.99. The number of nitrogens with one attached hydrogen (secondary N) is 2. The minimum Gasteiger partial charge on any atom is -0.352 e. The second-order valence-corrected chi connectivity index (χ2v) is 8.05. The molecule has 154 valence electrons. The van der Waals surface area contributed by atoms with Crippen LogP contribution in [0.1, 0.15) is 42.4 Å². The lowest BCUT2D eigenvalue weighted by Crippen LogP contribution is -2.42. The third-order valence-corrected chi connectivity index (χ3v) is 5.47. The second-order valence-electron chi connectivity index (χ2n) is 8.05. The van der Waals surface area contributed by atoms with Crippen LogP contribution in [0.15, 0.2) is 48.5 Å². The van der Waals surface area contributed by atoms with E-state index >= 15 is 0 Å². The normalized spacial score (nSPS) is 16.3. The molecule has 1 heterocycles. The molecule has 29 heavy (non-hydrogen) atoms. The molecule has 3 amide bonds. The number of rotatable bonds is 6. The molecular weight excluding hydrogens is 362 g/mol. The van der Waals surface area contributed by atoms with Crippen molar-refractivity contribution >= 4 is 17.6 Å². The van der Waals surface area contributed by atoms with Gasteiger partial charge in [-0.1, -0.05) is 42.0 Å². The van der Waals surface area contributed by atoms with Crippen molar-refractivity contribution in [2.45, 2.75) is 46.1 Å². The molecule has 1 aliphatic rings. The van der Waals surface area contributed by atoms with Gasteiger partial charge in [0.25, 0.3) is 0 Å². The van der Waals surface area contributed by atoms with Crippen LogP contribution in [0, 0.1) is 19.8 Å². The Bertz CT molecular complexity index is 832. The van der Waals surface area contributed by atoms with Crippen LogP contribution in [0.4, 0.5) is 10.5 Å². The third-order valence-electron chi connectivity index (χ3n) is 5.47. The first kappa shape index (κ1) is 20.9. The summed E-state index contributed by atoms with van der Waals surface area (Å²) < 4.78 is 0. The highest BCUT2D eigenvalue weighted by Gasteiger charge is 2.24. The molecule has 0 spiro atoms. The molecule has 0 aliphatic carbocycles. The van der Waals surface area contributed by atoms with Gasteiger partial charge in [-0.15, -0.1) is 0 Å². The minimum absolute atomic E-state index is 0.0517. The van der Waals surface area contributed by atoms with Gasteiger partial charge in [-0.3, -0.25) is 4.79 Å². The molecule has 0 saturated carbocycles. The highest BCUT2D eigenvalue weighted by atomic mass is 16.2. The first-order chi connectivity index (χ1) is 14.0. The number of urea groups is 1. The summed E-state index contributed by atoms with van der Waals surface area (Å²) in [7, 11) is 0. The summed E-state index contributed by atoms with van der Waals surface area (Å²) in [6, 6.07) is 16.0. The van der Waals surface area contributed by atoms with Gasteiger partial charge in [-0.2, -0.15) is 0 Å². The van der Waals surface area contributed by atoms with E-state index in [1.807, 2.05) is 48.2 Å². The lowest BCUT2D eigenvalue weighted by Gasteiger charge is -2.32. The van der Waals surface area contributed by atoms with E-state index in [9.17, 15) is 9.59 Å². The summed E-state index contributed by atoms with van der Waals surface area (Å²) in [5.74, 6) is 0.448. The van der Waals surface area contributed by atoms with Gasteiger partial charge in [0.1, 0.15) is 0 Å². The summed E-state index contributed by atoms with van der Waals surface area (Å²) in [6.45, 7) is 6.11. The fraction of sp³-hybridized carbons (Fsp3) is 0.417. The number of carbonyl (C=O) groups excluding carboxylic acids is 2. The molecular formula is C24H31N3O2. The average molecular weight is 394 g/mol. The van der Waals surface area contributed by atoms with E-state index in [2.05, 4.69) is 29.7 Å². The summed E-state index contributed by atoms with van der Waals surface area (Å²) in [6.07, 6.45) is 3.37. The van der Waals surface area contributed by atoms with E-state index in [0.717, 1.165) is 42.6 Å². The zero-order valence-electron chi connectivity index (χ0n) is 17.4. The van der Waals surface area contributed by atoms with Crippen molar-refractivity contribution in [1.82, 2.24) is 10.2 Å². The molecule has 0 unspecified atom stereocenters. The lowest BCUT2D eigenvalue weighted by atomic mass is 9.93. The number of piperidine rings is 1. The molecule has 0 aromatic heterocycles. The monoisotopic (exact) mass is 393 g/mol. The fourth-order valence-corrected chi connectivity index (χ4v) is 3.74. The first-order valence-corrected chi connectivity index (χ1v) is 10.4. The van der Waals surface area contributed by atoms with Crippen LogP contribution in [-0.4, -0.2) is 29.9 Å². The van der Waals surface area contributed by atoms with E-state index in [-0.39, 0.29) is 11.9 Å². The Morgan fingerprint density at radius 1 is 1.07 bits per heavy atom. The predicted octanol–water partition coefficient (Wildman–Crippen LogP) is 4.64. The van der Waals surface area contributed by atoms with Crippen LogP contribution in [0.25, 0.3) is 0 Å². The number of aryl methyl sites for hydroxylation is 2. The van der Waals surface area contributed by atoms with Gasteiger partial charge in [0, 0.05) is 31.7 Å². The van der Waals surface area contributed by atoms with Gasteiger partial charge in [0.15, 0.2) is 0 Å². The molecule has 1 aliphatic heterocycles. The molecule has 2 aromatic carbocycles. The van der Waals surface area contributed by atoms with Crippen molar-refractivity contribution in [3.8, 4) is 0 Å². The summed E-state index contributed by atoms with van der Waals surface area (Å²) in [5.41, 5.74) is 4.28. The van der Waals surface area contributed by atoms with Gasteiger partial charge >= 0.3 is 6.03 Å². The topological polar surface area (TPSA) is 61.4 Å². The number of benzene rings is 2. The molecule has 5 heteroatoms. The van der Waals surface area contributed by atoms with E-state index < -0.39 is 0 Å². The Morgan fingerprint density at radius 2 is 1.86 bits per heavy atom. The van der Waals surface area contributed by atoms with Crippen molar-refractivity contribution in [2.24, 2.45) is 5.92 Å². The maximum Gasteiger partial charge on any atom is 0.321 e. The fourth-order valence-electron chi connectivity index (χ4n) is 3.74. The van der Waals surface area contributed by atoms with Crippen LogP contribution in [0.3, 0.4) is 0 Å². The van der Waals surface area contributed by atoms with Crippen LogP contribution < -0.4 is 10.6 Å². The van der Waals surface area contributed by atoms with Crippen LogP contribution in [-0.2, 0) is 11.3 Å². The van der Waals surface area contributed by atoms with Crippen molar-refractivity contribution in [3.63, 3.8) is 0 Å². The predicted molar refractivity (Wildman–Crippen MR) is 117 cm³/mol. The molecule has 2 N–H and O–H groups in total. The molecule has 1 fully saturated rings. The zero-order chi connectivity index (χ0) is 20.6. The van der Waals surface area contributed by atoms with Crippen LogP contribution in [0.2, 0.25) is 0 Å². The van der Waals surface area contributed by atoms with Crippen LogP contribution in [0.5, 0.6) is 0 Å². The molecule has 1 saturated heterocycles. The average Bonchev–Trinajstić information content (AvgIpc) is 2.72. The molecule has 1 atom stereocenters. The summed E-state index contributed by atoms with van der Waals surface area (Å²) in [4.78, 5) is 26.7. The molecule has 0 radical (unpaired) electrons. The molecule has 2 aromatic rings. The minimum atomic E-state index is -0.0517. The SMILES string of the molecule is Cc1ccc(CNC(=O)CC[C@@H]2CCCN(C(=O)Nc3cccc(C)c3)C2)cc1. The van der Waals surface area contributed by atoms with Gasteiger partial charge in [-0.05, 0) is 62.3 Å². The number of nitrogens with zero attached hydrogens (tertiary/aromatic N) is 1. The smallest absolute Gasteiger partial charge is 0.321 e. The molecule has 3 rings (SSSR count). The maximum absolute atomic E-state index is 12.6. The van der Waals surface area contributed by atoms with E-state index in [1.165, 1.54) is 5.56 Å². The van der Waals surface area contributed by atoms with Gasteiger partial charge in [0.2, 0.25) is 5.91 Å². The quantitative estimate of drug-likeness (QED) is 0.751. The van der Waals surface area contributed by atoms with Crippen molar-refractivity contribution < 1.29 is 9.59 Å². The number of amides is 3. The zero-order valence-corrected chi connectivity index (χ0v) is 17.4. The van der Waals surface area contributed by atoms with Crippen molar-refractivity contribution in [3.05, 3.63) is 65.2 Å². The molecule has 5 nitrogen and oxygen atoms in total. The Labute approximate surface area is 173 Å². The van der Waals surface area contributed by atoms with E-state index in [0.29, 0.717) is 25.4 Å². The largest absolute Gasteiger partial charge is 0.352 e. The number of hydrogen-bond acceptors (Lipinski definition) is 2. The van der Waals surface area contributed by atoms with Crippen molar-refractivity contribution in [1.29, 1.82) is 0 Å². The lowest BCUT2D eigenvalue weighted by molar-refractivity contribution is -0.121. The second kappa shape index (κ2) is 10.1. The first-order valence-electron chi connectivity index (χ1n) is 10.4. The van der Waals surface area contributed by atoms with Crippen molar-refractivity contribution in [2.75, 3.05) is 18.4 Å². The van der Waals surface area contributed by atoms with E-state index in [4.69, 9.17) is 0 Å². The Morgan fingerprint density at radius 3 is 2.62 bits per heavy atom. The standard InChI is InChI=1S/C24H31N3O2/c1-18-8-10-20(11-9-18)16-25-23(28)13-12-21-6-4-14-27(17-21)24(29)26-22-7-3-5-19(2)15-22/h3,5,7-11,15,21H,4,6,12-14,16-17H2,1-2H3,(H,25,28)(H,26,29)/t21-/m0/s1. The van der Waals surface area contributed by atoms with Gasteiger partial charge in [-0.25, -0.2) is 4.79 Å².